The summed E-state index contributed by atoms with van der Waals surface area (Å²) in [4.78, 5) is 26.1. The Kier molecular flexibility index (Phi) is 4.45. The molecule has 5 heteroatoms. The van der Waals surface area contributed by atoms with Crippen LogP contribution in [0.5, 0.6) is 0 Å². The second-order valence-corrected chi connectivity index (χ2v) is 5.88. The molecule has 0 aromatic heterocycles. The van der Waals surface area contributed by atoms with E-state index >= 15 is 0 Å². The molecule has 1 aliphatic carbocycles. The summed E-state index contributed by atoms with van der Waals surface area (Å²) in [6, 6.07) is -0.0713. The van der Waals surface area contributed by atoms with Crippen molar-refractivity contribution in [2.75, 3.05) is 13.7 Å². The monoisotopic (exact) mass is 268 g/mol. The molecule has 2 atom stereocenters. The summed E-state index contributed by atoms with van der Waals surface area (Å²) in [5.41, 5.74) is 0. The third-order valence-electron chi connectivity index (χ3n) is 3.90. The SMILES string of the molecule is COC(=O)C(C(C)C)N1CCCC(NC2CC2)C1=O. The third kappa shape index (κ3) is 3.26. The van der Waals surface area contributed by atoms with Gasteiger partial charge in [0.1, 0.15) is 6.04 Å². The standard InChI is InChI=1S/C14H24N2O3/c1-9(2)12(14(18)19-3)16-8-4-5-11(13(16)17)15-10-6-7-10/h9-12,15H,4-8H2,1-3H3. The van der Waals surface area contributed by atoms with E-state index < -0.39 is 6.04 Å². The average molecular weight is 268 g/mol. The predicted octanol–water partition coefficient (Wildman–Crippen LogP) is 0.927. The molecular weight excluding hydrogens is 244 g/mol. The van der Waals surface area contributed by atoms with E-state index in [1.807, 2.05) is 13.8 Å². The summed E-state index contributed by atoms with van der Waals surface area (Å²) in [5, 5.41) is 3.38. The number of hydrogen-bond acceptors (Lipinski definition) is 4. The number of nitrogens with one attached hydrogen (secondary N) is 1. The van der Waals surface area contributed by atoms with Crippen LogP contribution in [0.2, 0.25) is 0 Å². The van der Waals surface area contributed by atoms with Crippen LogP contribution in [0, 0.1) is 5.92 Å². The van der Waals surface area contributed by atoms with Crippen molar-refractivity contribution in [3.05, 3.63) is 0 Å². The number of ether oxygens (including phenoxy) is 1. The molecule has 0 spiro atoms. The molecule has 5 nitrogen and oxygen atoms in total. The molecule has 0 aromatic rings. The Balaban J connectivity index is 2.07. The zero-order valence-corrected chi connectivity index (χ0v) is 12.0. The molecule has 0 aromatic carbocycles. The molecule has 1 N–H and O–H groups in total. The molecule has 1 amide bonds. The van der Waals surface area contributed by atoms with Crippen molar-refractivity contribution in [3.63, 3.8) is 0 Å². The van der Waals surface area contributed by atoms with E-state index in [4.69, 9.17) is 4.74 Å². The molecule has 1 saturated heterocycles. The number of hydrogen-bond donors (Lipinski definition) is 1. The van der Waals surface area contributed by atoms with Gasteiger partial charge in [-0.3, -0.25) is 4.79 Å². The average Bonchev–Trinajstić information content (AvgIpc) is 3.17. The van der Waals surface area contributed by atoms with Crippen LogP contribution in [0.15, 0.2) is 0 Å². The number of rotatable bonds is 5. The van der Waals surface area contributed by atoms with Crippen LogP contribution in [0.25, 0.3) is 0 Å². The lowest BCUT2D eigenvalue weighted by molar-refractivity contribution is -0.157. The summed E-state index contributed by atoms with van der Waals surface area (Å²) in [7, 11) is 1.38. The van der Waals surface area contributed by atoms with Gasteiger partial charge in [-0.1, -0.05) is 13.8 Å². The molecule has 2 fully saturated rings. The van der Waals surface area contributed by atoms with E-state index in [0.29, 0.717) is 12.6 Å². The van der Waals surface area contributed by atoms with E-state index in [2.05, 4.69) is 5.32 Å². The Labute approximate surface area is 114 Å². The van der Waals surface area contributed by atoms with Gasteiger partial charge in [-0.05, 0) is 31.6 Å². The Hall–Kier alpha value is -1.10. The maximum atomic E-state index is 12.5. The molecular formula is C14H24N2O3. The van der Waals surface area contributed by atoms with Gasteiger partial charge in [0, 0.05) is 12.6 Å². The van der Waals surface area contributed by atoms with Crippen LogP contribution < -0.4 is 5.32 Å². The molecule has 108 valence electrons. The van der Waals surface area contributed by atoms with Gasteiger partial charge in [0.25, 0.3) is 0 Å². The van der Waals surface area contributed by atoms with Gasteiger partial charge in [0.2, 0.25) is 5.91 Å². The second kappa shape index (κ2) is 5.90. The zero-order chi connectivity index (χ0) is 14.0. The van der Waals surface area contributed by atoms with Crippen molar-refractivity contribution in [1.29, 1.82) is 0 Å². The maximum absolute atomic E-state index is 12.5. The number of methoxy groups -OCH3 is 1. The number of esters is 1. The Morgan fingerprint density at radius 2 is 2.05 bits per heavy atom. The fourth-order valence-electron chi connectivity index (χ4n) is 2.74. The van der Waals surface area contributed by atoms with Crippen molar-refractivity contribution >= 4 is 11.9 Å². The number of amides is 1. The first-order valence-corrected chi connectivity index (χ1v) is 7.19. The minimum absolute atomic E-state index is 0.0576. The van der Waals surface area contributed by atoms with Gasteiger partial charge in [-0.15, -0.1) is 0 Å². The highest BCUT2D eigenvalue weighted by Gasteiger charge is 2.40. The van der Waals surface area contributed by atoms with Gasteiger partial charge in [-0.2, -0.15) is 0 Å². The first-order chi connectivity index (χ1) is 9.04. The molecule has 0 bridgehead atoms. The van der Waals surface area contributed by atoms with Crippen LogP contribution in [-0.4, -0.2) is 48.6 Å². The van der Waals surface area contributed by atoms with Crippen molar-refractivity contribution < 1.29 is 14.3 Å². The van der Waals surface area contributed by atoms with Crippen molar-refractivity contribution in [3.8, 4) is 0 Å². The van der Waals surface area contributed by atoms with Gasteiger partial charge >= 0.3 is 5.97 Å². The van der Waals surface area contributed by atoms with E-state index in [1.165, 1.54) is 7.11 Å². The number of carbonyl (C=O) groups is 2. The lowest BCUT2D eigenvalue weighted by Gasteiger charge is -2.38. The molecule has 1 aliphatic heterocycles. The fraction of sp³-hybridized carbons (Fsp3) is 0.857. The lowest BCUT2D eigenvalue weighted by Crippen LogP contribution is -2.58. The summed E-state index contributed by atoms with van der Waals surface area (Å²) >= 11 is 0. The van der Waals surface area contributed by atoms with Gasteiger partial charge in [-0.25, -0.2) is 4.79 Å². The fourth-order valence-corrected chi connectivity index (χ4v) is 2.74. The van der Waals surface area contributed by atoms with E-state index in [0.717, 1.165) is 25.7 Å². The van der Waals surface area contributed by atoms with Crippen molar-refractivity contribution in [1.82, 2.24) is 10.2 Å². The van der Waals surface area contributed by atoms with Crippen LogP contribution in [0.1, 0.15) is 39.5 Å². The molecule has 1 saturated carbocycles. The Morgan fingerprint density at radius 3 is 2.58 bits per heavy atom. The minimum atomic E-state index is -0.457. The normalized spacial score (nSPS) is 25.6. The summed E-state index contributed by atoms with van der Waals surface area (Å²) in [6.45, 7) is 4.55. The van der Waals surface area contributed by atoms with Crippen LogP contribution in [0.4, 0.5) is 0 Å². The number of piperidine rings is 1. The topological polar surface area (TPSA) is 58.6 Å². The van der Waals surface area contributed by atoms with Gasteiger partial charge in [0.05, 0.1) is 13.2 Å². The second-order valence-electron chi connectivity index (χ2n) is 5.88. The van der Waals surface area contributed by atoms with E-state index in [1.54, 1.807) is 4.90 Å². The lowest BCUT2D eigenvalue weighted by atomic mass is 9.96. The summed E-state index contributed by atoms with van der Waals surface area (Å²) in [6.07, 6.45) is 4.14. The van der Waals surface area contributed by atoms with Gasteiger partial charge in [0.15, 0.2) is 0 Å². The minimum Gasteiger partial charge on any atom is -0.467 e. The number of likely N-dealkylation sites (tertiary alicyclic amines) is 1. The predicted molar refractivity (Wildman–Crippen MR) is 71.5 cm³/mol. The largest absolute Gasteiger partial charge is 0.467 e. The highest BCUT2D eigenvalue weighted by molar-refractivity contribution is 5.88. The smallest absolute Gasteiger partial charge is 0.328 e. The first-order valence-electron chi connectivity index (χ1n) is 7.19. The molecule has 2 unspecified atom stereocenters. The number of carbonyl (C=O) groups excluding carboxylic acids is 2. The summed E-state index contributed by atoms with van der Waals surface area (Å²) < 4.78 is 4.85. The Morgan fingerprint density at radius 1 is 1.37 bits per heavy atom. The maximum Gasteiger partial charge on any atom is 0.328 e. The first kappa shape index (κ1) is 14.3. The Bertz CT molecular complexity index is 353. The molecule has 1 heterocycles. The van der Waals surface area contributed by atoms with E-state index in [-0.39, 0.29) is 23.8 Å². The van der Waals surface area contributed by atoms with Crippen LogP contribution in [0.3, 0.4) is 0 Å². The third-order valence-corrected chi connectivity index (χ3v) is 3.90. The quantitative estimate of drug-likeness (QED) is 0.754. The highest BCUT2D eigenvalue weighted by atomic mass is 16.5. The van der Waals surface area contributed by atoms with Crippen LogP contribution in [-0.2, 0) is 14.3 Å². The summed E-state index contributed by atoms with van der Waals surface area (Å²) in [5.74, 6) is -0.186. The van der Waals surface area contributed by atoms with Crippen molar-refractivity contribution in [2.24, 2.45) is 5.92 Å². The molecule has 2 aliphatic rings. The van der Waals surface area contributed by atoms with E-state index in [9.17, 15) is 9.59 Å². The van der Waals surface area contributed by atoms with Crippen molar-refractivity contribution in [2.45, 2.75) is 57.7 Å². The molecule has 2 rings (SSSR count). The molecule has 19 heavy (non-hydrogen) atoms. The highest BCUT2D eigenvalue weighted by Crippen LogP contribution is 2.24. The molecule has 0 radical (unpaired) electrons. The zero-order valence-electron chi connectivity index (χ0n) is 12.0. The van der Waals surface area contributed by atoms with Crippen LogP contribution >= 0.6 is 0 Å². The number of nitrogens with zero attached hydrogens (tertiary/aromatic N) is 1. The van der Waals surface area contributed by atoms with Gasteiger partial charge < -0.3 is 15.0 Å².